The van der Waals surface area contributed by atoms with Crippen LogP contribution in [-0.4, -0.2) is 43.2 Å². The predicted molar refractivity (Wildman–Crippen MR) is 111 cm³/mol. The number of hydrogen-bond acceptors (Lipinski definition) is 5. The van der Waals surface area contributed by atoms with Crippen molar-refractivity contribution in [3.05, 3.63) is 35.1 Å². The zero-order chi connectivity index (χ0) is 23.6. The lowest BCUT2D eigenvalue weighted by Crippen LogP contribution is -2.41. The summed E-state index contributed by atoms with van der Waals surface area (Å²) >= 11 is 0. The highest BCUT2D eigenvalue weighted by Gasteiger charge is 2.52. The number of benzene rings is 1. The van der Waals surface area contributed by atoms with Crippen LogP contribution in [0.5, 0.6) is 5.75 Å². The van der Waals surface area contributed by atoms with Crippen LogP contribution < -0.4 is 10.1 Å². The Kier molecular flexibility index (Phi) is 7.37. The van der Waals surface area contributed by atoms with Gasteiger partial charge >= 0.3 is 19.8 Å². The highest BCUT2D eigenvalue weighted by Crippen LogP contribution is 2.39. The molecule has 1 aliphatic heterocycles. The molecule has 0 unspecified atom stereocenters. The monoisotopic (exact) mass is 443 g/mol. The number of amides is 1. The lowest BCUT2D eigenvalue weighted by molar-refractivity contribution is -0.0501. The second kappa shape index (κ2) is 9.12. The first-order valence-corrected chi connectivity index (χ1v) is 9.87. The zero-order valence-corrected chi connectivity index (χ0v) is 18.8. The maximum Gasteiger partial charge on any atom is 0.492 e. The van der Waals surface area contributed by atoms with Gasteiger partial charge < -0.3 is 24.1 Å². The number of carbonyl (C=O) groups excluding carboxylic acids is 1. The van der Waals surface area contributed by atoms with E-state index in [4.69, 9.17) is 14.0 Å². The van der Waals surface area contributed by atoms with Gasteiger partial charge in [0.15, 0.2) is 0 Å². The maximum atomic E-state index is 14.5. The van der Waals surface area contributed by atoms with Crippen LogP contribution in [0.15, 0.2) is 23.7 Å². The summed E-state index contributed by atoms with van der Waals surface area (Å²) in [6.45, 7) is 9.21. The lowest BCUT2D eigenvalue weighted by atomic mass is 9.77. The Morgan fingerprint density at radius 2 is 1.77 bits per heavy atom. The molecule has 0 aromatic heterocycles. The van der Waals surface area contributed by atoms with Crippen molar-refractivity contribution in [1.29, 1.82) is 0 Å². The first kappa shape index (κ1) is 25.1. The highest BCUT2D eigenvalue weighted by molar-refractivity contribution is 6.56. The van der Waals surface area contributed by atoms with E-state index in [0.29, 0.717) is 5.47 Å². The van der Waals surface area contributed by atoms with E-state index in [1.54, 1.807) is 20.8 Å². The van der Waals surface area contributed by atoms with Gasteiger partial charge in [0.05, 0.1) is 16.8 Å². The maximum absolute atomic E-state index is 14.5. The van der Waals surface area contributed by atoms with Gasteiger partial charge in [-0.3, -0.25) is 0 Å². The lowest BCUT2D eigenvalue weighted by Gasteiger charge is -2.32. The Balaban J connectivity index is 2.40. The predicted octanol–water partition coefficient (Wildman–Crippen LogP) is 4.97. The molecule has 1 fully saturated rings. The van der Waals surface area contributed by atoms with Crippen molar-refractivity contribution in [2.45, 2.75) is 71.9 Å². The van der Waals surface area contributed by atoms with Crippen LogP contribution in [-0.2, 0) is 14.0 Å². The smallest absolute Gasteiger partial charge is 0.444 e. The molecule has 172 valence electrons. The van der Waals surface area contributed by atoms with Crippen LogP contribution in [0.2, 0.25) is 0 Å². The van der Waals surface area contributed by atoms with Crippen LogP contribution in [0.25, 0.3) is 6.08 Å². The summed E-state index contributed by atoms with van der Waals surface area (Å²) in [7, 11) is -0.959. The molecule has 1 heterocycles. The zero-order valence-electron chi connectivity index (χ0n) is 18.8. The number of halogens is 3. The van der Waals surface area contributed by atoms with Crippen molar-refractivity contribution >= 4 is 19.3 Å². The molecule has 1 amide bonds. The summed E-state index contributed by atoms with van der Waals surface area (Å²) in [5, 5.41) is 2.57. The van der Waals surface area contributed by atoms with E-state index in [9.17, 15) is 18.0 Å². The van der Waals surface area contributed by atoms with Crippen molar-refractivity contribution in [2.75, 3.05) is 6.54 Å². The Labute approximate surface area is 181 Å². The minimum atomic E-state index is -3.13. The van der Waals surface area contributed by atoms with Gasteiger partial charge in [0.25, 0.3) is 0 Å². The van der Waals surface area contributed by atoms with Crippen LogP contribution in [0.4, 0.5) is 18.0 Å². The van der Waals surface area contributed by atoms with Crippen molar-refractivity contribution in [3.8, 4) is 5.75 Å². The van der Waals surface area contributed by atoms with Crippen LogP contribution in [0.1, 0.15) is 54.0 Å². The van der Waals surface area contributed by atoms with Gasteiger partial charge in [-0.15, -0.1) is 0 Å². The first-order chi connectivity index (χ1) is 14.1. The summed E-state index contributed by atoms with van der Waals surface area (Å²) in [6.07, 6.45) is 0.583. The quantitative estimate of drug-likeness (QED) is 0.630. The van der Waals surface area contributed by atoms with Crippen molar-refractivity contribution in [1.82, 2.24) is 5.32 Å². The molecule has 0 bridgehead atoms. The standard InChI is InChI=1S/C21H29BF3NO5/c1-19(2,3)29-18(27)26-12-13(22-30-20(4,5)21(6,7)31-22)11-14-15(23)9-8-10-16(14)28-17(24)25/h8-11,17H,12H2,1-7H3,(H,26,27). The van der Waals surface area contributed by atoms with Gasteiger partial charge in [-0.25, -0.2) is 9.18 Å². The van der Waals surface area contributed by atoms with E-state index in [1.807, 2.05) is 27.7 Å². The molecule has 31 heavy (non-hydrogen) atoms. The summed E-state index contributed by atoms with van der Waals surface area (Å²) in [6, 6.07) is 3.61. The largest absolute Gasteiger partial charge is 0.492 e. The Bertz CT molecular complexity index is 821. The molecule has 6 nitrogen and oxygen atoms in total. The van der Waals surface area contributed by atoms with Gasteiger partial charge in [0.1, 0.15) is 17.2 Å². The van der Waals surface area contributed by atoms with Gasteiger partial charge in [0.2, 0.25) is 0 Å². The van der Waals surface area contributed by atoms with Crippen molar-refractivity contribution in [3.63, 3.8) is 0 Å². The fourth-order valence-corrected chi connectivity index (χ4v) is 2.73. The summed E-state index contributed by atoms with van der Waals surface area (Å²) in [5.41, 5.74) is -2.05. The SMILES string of the molecule is CC(C)(C)OC(=O)NCC(=Cc1c(F)cccc1OC(F)F)B1OC(C)(C)C(C)(C)O1. The normalized spacial score (nSPS) is 18.3. The second-order valence-electron chi connectivity index (χ2n) is 9.19. The molecule has 1 aromatic rings. The van der Waals surface area contributed by atoms with Gasteiger partial charge in [-0.1, -0.05) is 12.1 Å². The second-order valence-corrected chi connectivity index (χ2v) is 9.19. The number of ether oxygens (including phenoxy) is 2. The van der Waals surface area contributed by atoms with E-state index in [0.717, 1.165) is 6.07 Å². The minimum absolute atomic E-state index is 0.131. The molecule has 10 heteroatoms. The third kappa shape index (κ3) is 6.64. The molecule has 1 aliphatic rings. The molecule has 0 aliphatic carbocycles. The van der Waals surface area contributed by atoms with Crippen molar-refractivity contribution in [2.24, 2.45) is 0 Å². The number of hydrogen-bond donors (Lipinski definition) is 1. The number of carbonyl (C=O) groups is 1. The van der Waals surface area contributed by atoms with E-state index in [2.05, 4.69) is 10.1 Å². The summed E-state index contributed by atoms with van der Waals surface area (Å²) < 4.78 is 61.8. The molecular formula is C21H29BF3NO5. The van der Waals surface area contributed by atoms with E-state index >= 15 is 0 Å². The number of rotatable bonds is 6. The molecule has 2 rings (SSSR count). The topological polar surface area (TPSA) is 66.0 Å². The molecule has 1 saturated heterocycles. The average molecular weight is 443 g/mol. The molecule has 1 aromatic carbocycles. The van der Waals surface area contributed by atoms with E-state index < -0.39 is 42.4 Å². The Hall–Kier alpha value is -2.20. The van der Waals surface area contributed by atoms with Crippen LogP contribution in [0, 0.1) is 5.82 Å². The van der Waals surface area contributed by atoms with Gasteiger partial charge in [0, 0.05) is 6.54 Å². The first-order valence-electron chi connectivity index (χ1n) is 9.87. The van der Waals surface area contributed by atoms with Crippen LogP contribution >= 0.6 is 0 Å². The van der Waals surface area contributed by atoms with E-state index in [-0.39, 0.29) is 17.9 Å². The molecule has 0 radical (unpaired) electrons. The summed E-state index contributed by atoms with van der Waals surface area (Å²) in [5.74, 6) is -1.12. The van der Waals surface area contributed by atoms with Crippen molar-refractivity contribution < 1.29 is 36.7 Å². The molecular weight excluding hydrogens is 414 g/mol. The number of nitrogens with one attached hydrogen (secondary N) is 1. The fourth-order valence-electron chi connectivity index (χ4n) is 2.73. The average Bonchev–Trinajstić information content (AvgIpc) is 2.79. The Morgan fingerprint density at radius 1 is 1.19 bits per heavy atom. The summed E-state index contributed by atoms with van der Waals surface area (Å²) in [4.78, 5) is 12.1. The highest BCUT2D eigenvalue weighted by atomic mass is 19.3. The van der Waals surface area contributed by atoms with Gasteiger partial charge in [-0.05, 0) is 66.1 Å². The van der Waals surface area contributed by atoms with Gasteiger partial charge in [-0.2, -0.15) is 8.78 Å². The third-order valence-electron chi connectivity index (χ3n) is 4.95. The third-order valence-corrected chi connectivity index (χ3v) is 4.95. The molecule has 0 atom stereocenters. The minimum Gasteiger partial charge on any atom is -0.444 e. The number of alkyl halides is 2. The Morgan fingerprint density at radius 3 is 2.29 bits per heavy atom. The fraction of sp³-hybridized carbons (Fsp3) is 0.571. The van der Waals surface area contributed by atoms with E-state index in [1.165, 1.54) is 18.2 Å². The molecule has 0 spiro atoms. The number of alkyl carbamates (subject to hydrolysis) is 1. The molecule has 1 N–H and O–H groups in total. The van der Waals surface area contributed by atoms with Crippen LogP contribution in [0.3, 0.4) is 0 Å². The molecule has 0 saturated carbocycles.